The van der Waals surface area contributed by atoms with Gasteiger partial charge in [-0.3, -0.25) is 14.2 Å². The van der Waals surface area contributed by atoms with Gasteiger partial charge in [-0.05, 0) is 36.3 Å². The molecule has 0 amide bonds. The molecular formula is C21H22N2O2S2. The van der Waals surface area contributed by atoms with Gasteiger partial charge < -0.3 is 0 Å². The number of aromatic nitrogens is 2. The number of nitrogens with zero attached hydrogens (tertiary/aromatic N) is 2. The van der Waals surface area contributed by atoms with Gasteiger partial charge in [0.25, 0.3) is 5.56 Å². The Balaban J connectivity index is 1.56. The molecule has 0 atom stereocenters. The quantitative estimate of drug-likeness (QED) is 0.359. The van der Waals surface area contributed by atoms with Crippen molar-refractivity contribution in [3.63, 3.8) is 0 Å². The SMILES string of the molecule is CC(C)c1ccc(C(=O)CSc2nc3sc4c(c3c(=O)n2C)CCC4)cc1. The van der Waals surface area contributed by atoms with Crippen LogP contribution in [0, 0.1) is 0 Å². The van der Waals surface area contributed by atoms with Crippen LogP contribution in [0.2, 0.25) is 0 Å². The molecule has 1 aliphatic rings. The van der Waals surface area contributed by atoms with Gasteiger partial charge >= 0.3 is 0 Å². The molecule has 0 aliphatic heterocycles. The second-order valence-electron chi connectivity index (χ2n) is 7.28. The minimum atomic E-state index is 0.00985. The van der Waals surface area contributed by atoms with Crippen LogP contribution >= 0.6 is 23.1 Å². The summed E-state index contributed by atoms with van der Waals surface area (Å²) in [6.45, 7) is 4.27. The first-order valence-electron chi connectivity index (χ1n) is 9.23. The van der Waals surface area contributed by atoms with E-state index in [1.807, 2.05) is 24.3 Å². The molecule has 6 heteroatoms. The third kappa shape index (κ3) is 3.36. The number of ketones is 1. The minimum Gasteiger partial charge on any atom is -0.293 e. The summed E-state index contributed by atoms with van der Waals surface area (Å²) in [5.74, 6) is 0.775. The molecule has 140 valence electrons. The molecule has 1 aromatic carbocycles. The summed E-state index contributed by atoms with van der Waals surface area (Å²) in [5, 5.41) is 1.40. The number of carbonyl (C=O) groups is 1. The third-order valence-electron chi connectivity index (χ3n) is 5.14. The van der Waals surface area contributed by atoms with Gasteiger partial charge in [-0.1, -0.05) is 49.9 Å². The van der Waals surface area contributed by atoms with Crippen LogP contribution in [-0.4, -0.2) is 21.1 Å². The maximum atomic E-state index is 12.8. The lowest BCUT2D eigenvalue weighted by atomic mass is 10.0. The second kappa shape index (κ2) is 7.24. The highest BCUT2D eigenvalue weighted by molar-refractivity contribution is 7.99. The third-order valence-corrected chi connectivity index (χ3v) is 7.35. The number of aryl methyl sites for hydroxylation is 2. The molecule has 0 fully saturated rings. The lowest BCUT2D eigenvalue weighted by Crippen LogP contribution is -2.20. The number of carbonyl (C=O) groups excluding carboxylic acids is 1. The molecule has 0 unspecified atom stereocenters. The Labute approximate surface area is 166 Å². The highest BCUT2D eigenvalue weighted by atomic mass is 32.2. The van der Waals surface area contributed by atoms with Gasteiger partial charge in [-0.15, -0.1) is 11.3 Å². The lowest BCUT2D eigenvalue weighted by molar-refractivity contribution is 0.102. The van der Waals surface area contributed by atoms with Gasteiger partial charge in [0.05, 0.1) is 11.1 Å². The molecule has 0 radical (unpaired) electrons. The fraction of sp³-hybridized carbons (Fsp3) is 0.381. The topological polar surface area (TPSA) is 52.0 Å². The monoisotopic (exact) mass is 398 g/mol. The Kier molecular flexibility index (Phi) is 4.95. The predicted molar refractivity (Wildman–Crippen MR) is 112 cm³/mol. The molecule has 0 saturated carbocycles. The Morgan fingerprint density at radius 2 is 2.00 bits per heavy atom. The molecule has 1 aliphatic carbocycles. The van der Waals surface area contributed by atoms with E-state index in [0.717, 1.165) is 29.5 Å². The van der Waals surface area contributed by atoms with Crippen molar-refractivity contribution < 1.29 is 4.79 Å². The number of rotatable bonds is 5. The zero-order valence-corrected chi connectivity index (χ0v) is 17.4. The van der Waals surface area contributed by atoms with E-state index in [1.165, 1.54) is 27.8 Å². The van der Waals surface area contributed by atoms with Crippen LogP contribution in [0.4, 0.5) is 0 Å². The second-order valence-corrected chi connectivity index (χ2v) is 9.31. The Bertz CT molecular complexity index is 1080. The number of thioether (sulfide) groups is 1. The molecule has 2 heterocycles. The average molecular weight is 399 g/mol. The summed E-state index contributed by atoms with van der Waals surface area (Å²) in [6.07, 6.45) is 3.15. The molecule has 4 rings (SSSR count). The maximum Gasteiger partial charge on any atom is 0.262 e. The Morgan fingerprint density at radius 3 is 2.70 bits per heavy atom. The van der Waals surface area contributed by atoms with Crippen molar-refractivity contribution in [3.8, 4) is 0 Å². The molecule has 4 nitrogen and oxygen atoms in total. The summed E-state index contributed by atoms with van der Waals surface area (Å²) in [7, 11) is 1.75. The Hall–Kier alpha value is -1.92. The number of thiophene rings is 1. The molecule has 0 saturated heterocycles. The van der Waals surface area contributed by atoms with Crippen LogP contribution in [-0.2, 0) is 19.9 Å². The van der Waals surface area contributed by atoms with Crippen molar-refractivity contribution in [2.24, 2.45) is 7.05 Å². The van der Waals surface area contributed by atoms with E-state index in [4.69, 9.17) is 4.98 Å². The van der Waals surface area contributed by atoms with E-state index in [-0.39, 0.29) is 17.1 Å². The normalized spacial score (nSPS) is 13.5. The van der Waals surface area contributed by atoms with Gasteiger partial charge in [0, 0.05) is 17.5 Å². The van der Waals surface area contributed by atoms with Gasteiger partial charge in [-0.2, -0.15) is 0 Å². The van der Waals surface area contributed by atoms with E-state index in [2.05, 4.69) is 13.8 Å². The van der Waals surface area contributed by atoms with E-state index in [9.17, 15) is 9.59 Å². The van der Waals surface area contributed by atoms with Crippen LogP contribution in [0.5, 0.6) is 0 Å². The fourth-order valence-corrected chi connectivity index (χ4v) is 5.67. The fourth-order valence-electron chi connectivity index (χ4n) is 3.50. The smallest absolute Gasteiger partial charge is 0.262 e. The maximum absolute atomic E-state index is 12.8. The van der Waals surface area contributed by atoms with Crippen molar-refractivity contribution in [3.05, 3.63) is 56.2 Å². The molecule has 2 aromatic heterocycles. The minimum absolute atomic E-state index is 0.00985. The van der Waals surface area contributed by atoms with Crippen LogP contribution in [0.3, 0.4) is 0 Å². The van der Waals surface area contributed by atoms with E-state index >= 15 is 0 Å². The molecule has 0 spiro atoms. The summed E-state index contributed by atoms with van der Waals surface area (Å²) in [4.78, 5) is 32.2. The van der Waals surface area contributed by atoms with Gasteiger partial charge in [0.2, 0.25) is 0 Å². The first kappa shape index (κ1) is 18.4. The standard InChI is InChI=1S/C21H22N2O2S2/c1-12(2)13-7-9-14(10-8-13)16(24)11-26-21-22-19-18(20(25)23(21)3)15-5-4-6-17(15)27-19/h7-10,12H,4-6,11H2,1-3H3. The van der Waals surface area contributed by atoms with Gasteiger partial charge in [-0.25, -0.2) is 4.98 Å². The highest BCUT2D eigenvalue weighted by Crippen LogP contribution is 2.35. The summed E-state index contributed by atoms with van der Waals surface area (Å²) in [6, 6.07) is 7.79. The number of Topliss-reactive ketones (excluding diaryl/α,β-unsaturated/α-hetero) is 1. The highest BCUT2D eigenvalue weighted by Gasteiger charge is 2.22. The van der Waals surface area contributed by atoms with E-state index in [0.29, 0.717) is 16.6 Å². The van der Waals surface area contributed by atoms with Crippen LogP contribution in [0.15, 0.2) is 34.2 Å². The van der Waals surface area contributed by atoms with E-state index in [1.54, 1.807) is 23.0 Å². The average Bonchev–Trinajstić information content (AvgIpc) is 3.24. The van der Waals surface area contributed by atoms with Crippen molar-refractivity contribution in [1.29, 1.82) is 0 Å². The zero-order chi connectivity index (χ0) is 19.1. The van der Waals surface area contributed by atoms with Crippen molar-refractivity contribution in [1.82, 2.24) is 9.55 Å². The first-order chi connectivity index (χ1) is 13.0. The number of benzene rings is 1. The van der Waals surface area contributed by atoms with Crippen LogP contribution < -0.4 is 5.56 Å². The largest absolute Gasteiger partial charge is 0.293 e. The van der Waals surface area contributed by atoms with Gasteiger partial charge in [0.1, 0.15) is 4.83 Å². The van der Waals surface area contributed by atoms with Crippen molar-refractivity contribution >= 4 is 39.1 Å². The molecule has 3 aromatic rings. The Morgan fingerprint density at radius 1 is 1.26 bits per heavy atom. The van der Waals surface area contributed by atoms with E-state index < -0.39 is 0 Å². The molecule has 27 heavy (non-hydrogen) atoms. The molecule has 0 bridgehead atoms. The molecular weight excluding hydrogens is 376 g/mol. The zero-order valence-electron chi connectivity index (χ0n) is 15.7. The first-order valence-corrected chi connectivity index (χ1v) is 11.0. The van der Waals surface area contributed by atoms with Crippen molar-refractivity contribution in [2.45, 2.75) is 44.2 Å². The summed E-state index contributed by atoms with van der Waals surface area (Å²) < 4.78 is 1.59. The van der Waals surface area contributed by atoms with Crippen LogP contribution in [0.25, 0.3) is 10.2 Å². The predicted octanol–water partition coefficient (Wildman–Crippen LogP) is 4.58. The number of hydrogen-bond donors (Lipinski definition) is 0. The number of hydrogen-bond acceptors (Lipinski definition) is 5. The van der Waals surface area contributed by atoms with Crippen LogP contribution in [0.1, 0.15) is 52.5 Å². The number of fused-ring (bicyclic) bond motifs is 3. The van der Waals surface area contributed by atoms with Crippen molar-refractivity contribution in [2.75, 3.05) is 5.75 Å². The molecule has 0 N–H and O–H groups in total. The lowest BCUT2D eigenvalue weighted by Gasteiger charge is -2.08. The summed E-state index contributed by atoms with van der Waals surface area (Å²) >= 11 is 2.97. The summed E-state index contributed by atoms with van der Waals surface area (Å²) in [5.41, 5.74) is 3.13. The van der Waals surface area contributed by atoms with Gasteiger partial charge in [0.15, 0.2) is 10.9 Å².